The predicted octanol–water partition coefficient (Wildman–Crippen LogP) is 1.03. The average molecular weight is 411 g/mol. The van der Waals surface area contributed by atoms with E-state index in [1.807, 2.05) is 13.8 Å². The second-order valence-corrected chi connectivity index (χ2v) is 8.96. The molecule has 1 heterocycles. The van der Waals surface area contributed by atoms with Crippen molar-refractivity contribution >= 4 is 34.1 Å². The molecule has 3 N–H and O–H groups in total. The van der Waals surface area contributed by atoms with E-state index in [9.17, 15) is 14.4 Å². The van der Waals surface area contributed by atoms with Gasteiger partial charge in [-0.1, -0.05) is 6.92 Å². The number of likely N-dealkylation sites (N-methyl/N-ethyl adjacent to an activating group) is 1. The quantitative estimate of drug-likeness (QED) is 0.559. The summed E-state index contributed by atoms with van der Waals surface area (Å²) in [6.07, 6.45) is 2.78. The Kier molecular flexibility index (Phi) is 8.00. The molecule has 156 valence electrons. The molecule has 0 bridgehead atoms. The Labute approximate surface area is 170 Å². The minimum Gasteiger partial charge on any atom is -0.462 e. The van der Waals surface area contributed by atoms with E-state index in [0.29, 0.717) is 23.1 Å². The summed E-state index contributed by atoms with van der Waals surface area (Å²) in [7, 11) is 1.80. The van der Waals surface area contributed by atoms with E-state index in [0.717, 1.165) is 34.6 Å². The molecule has 1 aromatic rings. The summed E-state index contributed by atoms with van der Waals surface area (Å²) >= 11 is 1.48. The first-order valence-corrected chi connectivity index (χ1v) is 10.7. The number of nitrogens with one attached hydrogen (secondary N) is 3. The zero-order chi connectivity index (χ0) is 20.8. The van der Waals surface area contributed by atoms with E-state index >= 15 is 0 Å². The molecular weight excluding hydrogens is 378 g/mol. The SMILES string of the molecule is CCOC(=O)c1c(NC(=O)C[NH+](C)CC(=O)NC(C)C)sc2c1CC[C@H](C)C2. The first kappa shape index (κ1) is 22.4. The summed E-state index contributed by atoms with van der Waals surface area (Å²) in [4.78, 5) is 38.8. The third kappa shape index (κ3) is 6.04. The molecule has 0 fully saturated rings. The summed E-state index contributed by atoms with van der Waals surface area (Å²) in [5.74, 6) is -0.109. The monoisotopic (exact) mass is 410 g/mol. The lowest BCUT2D eigenvalue weighted by Crippen LogP contribution is -3.11. The number of amides is 2. The van der Waals surface area contributed by atoms with Gasteiger partial charge >= 0.3 is 5.97 Å². The van der Waals surface area contributed by atoms with Crippen LogP contribution in [0.1, 0.15) is 54.9 Å². The van der Waals surface area contributed by atoms with Crippen molar-refractivity contribution in [2.45, 2.75) is 53.0 Å². The maximum absolute atomic E-state index is 12.5. The zero-order valence-electron chi connectivity index (χ0n) is 17.4. The first-order chi connectivity index (χ1) is 13.2. The minimum absolute atomic E-state index is 0.0705. The second-order valence-electron chi connectivity index (χ2n) is 7.86. The van der Waals surface area contributed by atoms with Crippen molar-refractivity contribution in [1.82, 2.24) is 5.32 Å². The van der Waals surface area contributed by atoms with Crippen molar-refractivity contribution in [3.63, 3.8) is 0 Å². The Hall–Kier alpha value is -1.93. The number of fused-ring (bicyclic) bond motifs is 1. The molecule has 0 radical (unpaired) electrons. The maximum atomic E-state index is 12.5. The van der Waals surface area contributed by atoms with Gasteiger partial charge in [0.1, 0.15) is 5.00 Å². The van der Waals surface area contributed by atoms with Crippen LogP contribution in [-0.2, 0) is 27.2 Å². The van der Waals surface area contributed by atoms with Crippen LogP contribution in [0.25, 0.3) is 0 Å². The van der Waals surface area contributed by atoms with Crippen LogP contribution in [0, 0.1) is 5.92 Å². The molecule has 2 amide bonds. The van der Waals surface area contributed by atoms with Crippen molar-refractivity contribution in [3.05, 3.63) is 16.0 Å². The third-order valence-corrected chi connectivity index (χ3v) is 5.79. The van der Waals surface area contributed by atoms with Crippen LogP contribution in [-0.4, -0.2) is 50.6 Å². The Morgan fingerprint density at radius 2 is 1.93 bits per heavy atom. The van der Waals surface area contributed by atoms with E-state index in [1.54, 1.807) is 14.0 Å². The number of esters is 1. The number of ether oxygens (including phenoxy) is 1. The largest absolute Gasteiger partial charge is 0.462 e. The summed E-state index contributed by atoms with van der Waals surface area (Å²) in [5.41, 5.74) is 1.53. The molecule has 1 aliphatic carbocycles. The van der Waals surface area contributed by atoms with Gasteiger partial charge in [-0.2, -0.15) is 0 Å². The molecule has 0 saturated heterocycles. The molecule has 0 aliphatic heterocycles. The number of rotatable bonds is 8. The summed E-state index contributed by atoms with van der Waals surface area (Å²) in [5, 5.41) is 6.29. The van der Waals surface area contributed by atoms with Crippen LogP contribution in [0.3, 0.4) is 0 Å². The summed E-state index contributed by atoms with van der Waals surface area (Å²) in [6.45, 7) is 8.43. The number of carbonyl (C=O) groups excluding carboxylic acids is 3. The fraction of sp³-hybridized carbons (Fsp3) is 0.650. The number of carbonyl (C=O) groups is 3. The van der Waals surface area contributed by atoms with Gasteiger partial charge in [-0.05, 0) is 51.5 Å². The van der Waals surface area contributed by atoms with Gasteiger partial charge in [-0.15, -0.1) is 11.3 Å². The summed E-state index contributed by atoms with van der Waals surface area (Å²) in [6, 6.07) is 0.0705. The highest BCUT2D eigenvalue weighted by Crippen LogP contribution is 2.40. The fourth-order valence-electron chi connectivity index (χ4n) is 3.41. The van der Waals surface area contributed by atoms with Gasteiger partial charge in [0.15, 0.2) is 13.1 Å². The predicted molar refractivity (Wildman–Crippen MR) is 110 cm³/mol. The van der Waals surface area contributed by atoms with E-state index in [-0.39, 0.29) is 36.9 Å². The van der Waals surface area contributed by atoms with Crippen LogP contribution < -0.4 is 15.5 Å². The molecule has 8 heteroatoms. The molecule has 1 aromatic heterocycles. The second kappa shape index (κ2) is 10.0. The summed E-state index contributed by atoms with van der Waals surface area (Å²) < 4.78 is 5.23. The van der Waals surface area contributed by atoms with E-state index in [4.69, 9.17) is 4.74 Å². The van der Waals surface area contributed by atoms with Crippen molar-refractivity contribution in [2.24, 2.45) is 5.92 Å². The number of anilines is 1. The Morgan fingerprint density at radius 1 is 1.25 bits per heavy atom. The van der Waals surface area contributed by atoms with Crippen LogP contribution in [0.15, 0.2) is 0 Å². The number of thiophene rings is 1. The lowest BCUT2D eigenvalue weighted by molar-refractivity contribution is -0.862. The lowest BCUT2D eigenvalue weighted by Gasteiger charge is -2.18. The molecule has 1 aliphatic rings. The van der Waals surface area contributed by atoms with Crippen LogP contribution >= 0.6 is 11.3 Å². The van der Waals surface area contributed by atoms with Crippen molar-refractivity contribution < 1.29 is 24.0 Å². The number of quaternary nitrogens is 1. The topological polar surface area (TPSA) is 88.9 Å². The zero-order valence-corrected chi connectivity index (χ0v) is 18.3. The van der Waals surface area contributed by atoms with E-state index in [2.05, 4.69) is 17.6 Å². The third-order valence-electron chi connectivity index (χ3n) is 4.62. The van der Waals surface area contributed by atoms with Crippen LogP contribution in [0.5, 0.6) is 0 Å². The normalized spacial score (nSPS) is 17.0. The Bertz CT molecular complexity index is 729. The molecular formula is C20H32N3O4S+. The highest BCUT2D eigenvalue weighted by atomic mass is 32.1. The van der Waals surface area contributed by atoms with E-state index < -0.39 is 0 Å². The van der Waals surface area contributed by atoms with Crippen molar-refractivity contribution in [2.75, 3.05) is 32.1 Å². The minimum atomic E-state index is -0.373. The Morgan fingerprint density at radius 3 is 2.57 bits per heavy atom. The molecule has 2 atom stereocenters. The molecule has 2 rings (SSSR count). The Balaban J connectivity index is 2.08. The van der Waals surface area contributed by atoms with Gasteiger partial charge in [0.2, 0.25) is 0 Å². The highest BCUT2D eigenvalue weighted by Gasteiger charge is 2.29. The van der Waals surface area contributed by atoms with Crippen LogP contribution in [0.4, 0.5) is 5.00 Å². The van der Waals surface area contributed by atoms with E-state index in [1.165, 1.54) is 11.3 Å². The van der Waals surface area contributed by atoms with Gasteiger partial charge < -0.3 is 20.3 Å². The molecule has 0 spiro atoms. The molecule has 28 heavy (non-hydrogen) atoms. The molecule has 0 saturated carbocycles. The standard InChI is InChI=1S/C20H31N3O4S/c1-6-27-20(26)18-14-8-7-13(4)9-15(14)28-19(18)22-17(25)11-23(5)10-16(24)21-12(2)3/h12-13H,6-11H2,1-5H3,(H,21,24)(H,22,25)/p+1/t13-/m0/s1. The molecule has 1 unspecified atom stereocenters. The van der Waals surface area contributed by atoms with Gasteiger partial charge in [-0.25, -0.2) is 4.79 Å². The van der Waals surface area contributed by atoms with Crippen molar-refractivity contribution in [3.8, 4) is 0 Å². The molecule has 7 nitrogen and oxygen atoms in total. The molecule has 0 aromatic carbocycles. The van der Waals surface area contributed by atoms with Gasteiger partial charge in [0.05, 0.1) is 19.2 Å². The van der Waals surface area contributed by atoms with Gasteiger partial charge in [-0.3, -0.25) is 9.59 Å². The maximum Gasteiger partial charge on any atom is 0.341 e. The van der Waals surface area contributed by atoms with Gasteiger partial charge in [0.25, 0.3) is 11.8 Å². The lowest BCUT2D eigenvalue weighted by atomic mass is 9.88. The van der Waals surface area contributed by atoms with Gasteiger partial charge in [0, 0.05) is 10.9 Å². The first-order valence-electron chi connectivity index (χ1n) is 9.93. The number of hydrogen-bond acceptors (Lipinski definition) is 5. The van der Waals surface area contributed by atoms with Crippen LogP contribution in [0.2, 0.25) is 0 Å². The fourth-order valence-corrected chi connectivity index (χ4v) is 4.83. The smallest absolute Gasteiger partial charge is 0.341 e. The van der Waals surface area contributed by atoms with Crippen molar-refractivity contribution in [1.29, 1.82) is 0 Å². The average Bonchev–Trinajstić information content (AvgIpc) is 2.90. The highest BCUT2D eigenvalue weighted by molar-refractivity contribution is 7.17. The number of hydrogen-bond donors (Lipinski definition) is 3.